The van der Waals surface area contributed by atoms with Crippen LogP contribution in [0.15, 0.2) is 71.6 Å². The van der Waals surface area contributed by atoms with Gasteiger partial charge in [-0.05, 0) is 29.5 Å². The molecule has 3 aromatic rings. The van der Waals surface area contributed by atoms with Crippen molar-refractivity contribution in [2.45, 2.75) is 33.9 Å². The van der Waals surface area contributed by atoms with Crippen molar-refractivity contribution in [1.29, 1.82) is 0 Å². The standard InChI is InChI=1S/C24H19ClN4O6S/c25-22-20(36-19-10-2-1-8-17(19)28(32)33)12-16-21(22)15-7-4-9-18(29(34)35)24(15)26-23(16)13-5-3-6-14(11-13)27(30)31/h1-11,16,20-23,26H,12H2/t16-,20+,21-,22+,23-/m0/s1. The van der Waals surface area contributed by atoms with E-state index in [1.54, 1.807) is 36.4 Å². The Balaban J connectivity index is 1.59. The summed E-state index contributed by atoms with van der Waals surface area (Å²) in [7, 11) is 0. The lowest BCUT2D eigenvalue weighted by Crippen LogP contribution is -2.31. The van der Waals surface area contributed by atoms with Crippen LogP contribution in [0.2, 0.25) is 0 Å². The highest BCUT2D eigenvalue weighted by Gasteiger charge is 2.51. The summed E-state index contributed by atoms with van der Waals surface area (Å²) in [6.45, 7) is 0. The van der Waals surface area contributed by atoms with Gasteiger partial charge in [0.15, 0.2) is 0 Å². The maximum Gasteiger partial charge on any atom is 0.292 e. The van der Waals surface area contributed by atoms with Gasteiger partial charge in [-0.1, -0.05) is 36.4 Å². The Morgan fingerprint density at radius 1 is 0.861 bits per heavy atom. The maximum atomic E-state index is 11.8. The van der Waals surface area contributed by atoms with Gasteiger partial charge in [0, 0.05) is 35.4 Å². The third-order valence-corrected chi connectivity index (χ3v) is 8.92. The van der Waals surface area contributed by atoms with Gasteiger partial charge in [0.25, 0.3) is 17.1 Å². The zero-order chi connectivity index (χ0) is 25.6. The molecule has 0 amide bonds. The average molecular weight is 527 g/mol. The number of halogens is 1. The number of thioether (sulfide) groups is 1. The first-order valence-corrected chi connectivity index (χ1v) is 12.4. The van der Waals surface area contributed by atoms with Gasteiger partial charge in [0.2, 0.25) is 0 Å². The van der Waals surface area contributed by atoms with Crippen molar-refractivity contribution < 1.29 is 14.8 Å². The van der Waals surface area contributed by atoms with Gasteiger partial charge in [-0.2, -0.15) is 0 Å². The highest BCUT2D eigenvalue weighted by Crippen LogP contribution is 2.59. The molecule has 2 aliphatic rings. The molecule has 5 atom stereocenters. The molecule has 1 aliphatic carbocycles. The molecule has 12 heteroatoms. The number of rotatable bonds is 6. The molecule has 1 N–H and O–H groups in total. The predicted molar refractivity (Wildman–Crippen MR) is 136 cm³/mol. The molecule has 1 heterocycles. The van der Waals surface area contributed by atoms with Gasteiger partial charge in [-0.3, -0.25) is 30.3 Å². The SMILES string of the molecule is O=[N+]([O-])c1cccc([C@@H]2Nc3c(cccc3[N+](=O)[O-])[C@@H]3[C@H](Cl)[C@H](Sc4ccccc4[N+](=O)[O-])C[C@@H]32)c1. The number of nitro groups is 3. The quantitative estimate of drug-likeness (QED) is 0.219. The minimum Gasteiger partial charge on any atom is -0.372 e. The van der Waals surface area contributed by atoms with Crippen LogP contribution >= 0.6 is 23.4 Å². The number of para-hydroxylation sites is 2. The molecule has 0 spiro atoms. The van der Waals surface area contributed by atoms with Gasteiger partial charge in [-0.15, -0.1) is 23.4 Å². The van der Waals surface area contributed by atoms with Gasteiger partial charge >= 0.3 is 0 Å². The molecule has 184 valence electrons. The number of hydrogen-bond donors (Lipinski definition) is 1. The Kier molecular flexibility index (Phi) is 6.27. The molecule has 10 nitrogen and oxygen atoms in total. The Morgan fingerprint density at radius 2 is 1.56 bits per heavy atom. The van der Waals surface area contributed by atoms with Crippen LogP contribution in [-0.2, 0) is 0 Å². The second-order valence-corrected chi connectivity index (χ2v) is 10.5. The normalized spacial score (nSPS) is 24.3. The number of hydrogen-bond acceptors (Lipinski definition) is 8. The van der Waals surface area contributed by atoms with Crippen LogP contribution in [0, 0.1) is 36.3 Å². The topological polar surface area (TPSA) is 141 Å². The summed E-state index contributed by atoms with van der Waals surface area (Å²) in [5, 5.41) is 37.4. The fraction of sp³-hybridized carbons (Fsp3) is 0.250. The van der Waals surface area contributed by atoms with Crippen LogP contribution in [0.1, 0.15) is 29.5 Å². The summed E-state index contributed by atoms with van der Waals surface area (Å²) < 4.78 is 0. The number of fused-ring (bicyclic) bond motifs is 3. The fourth-order valence-corrected chi connectivity index (χ4v) is 7.26. The number of non-ortho nitro benzene ring substituents is 1. The highest BCUT2D eigenvalue weighted by molar-refractivity contribution is 8.00. The molecule has 3 aromatic carbocycles. The van der Waals surface area contributed by atoms with Crippen molar-refractivity contribution in [2.75, 3.05) is 5.32 Å². The van der Waals surface area contributed by atoms with Crippen molar-refractivity contribution in [3.05, 3.63) is 108 Å². The zero-order valence-corrected chi connectivity index (χ0v) is 20.1. The molecule has 36 heavy (non-hydrogen) atoms. The van der Waals surface area contributed by atoms with Crippen LogP contribution in [-0.4, -0.2) is 25.4 Å². The average Bonchev–Trinajstić information content (AvgIpc) is 3.19. The van der Waals surface area contributed by atoms with Gasteiger partial charge in [0.05, 0.1) is 31.1 Å². The molecule has 0 unspecified atom stereocenters. The van der Waals surface area contributed by atoms with Gasteiger partial charge in [0.1, 0.15) is 5.69 Å². The van der Waals surface area contributed by atoms with Crippen molar-refractivity contribution >= 4 is 46.1 Å². The Morgan fingerprint density at radius 3 is 2.28 bits per heavy atom. The number of nitrogens with one attached hydrogen (secondary N) is 1. The Hall–Kier alpha value is -3.70. The first kappa shape index (κ1) is 24.0. The molecule has 5 rings (SSSR count). The van der Waals surface area contributed by atoms with Crippen LogP contribution in [0.5, 0.6) is 0 Å². The third-order valence-electron chi connectivity index (χ3n) is 6.80. The molecular formula is C24H19ClN4O6S. The molecule has 1 fully saturated rings. The number of nitrogens with zero attached hydrogens (tertiary/aromatic N) is 3. The van der Waals surface area contributed by atoms with E-state index in [2.05, 4.69) is 5.32 Å². The maximum absolute atomic E-state index is 11.8. The summed E-state index contributed by atoms with van der Waals surface area (Å²) in [5.41, 5.74) is 1.50. The molecule has 1 aliphatic heterocycles. The summed E-state index contributed by atoms with van der Waals surface area (Å²) in [6.07, 6.45) is 0.554. The van der Waals surface area contributed by atoms with Crippen molar-refractivity contribution in [3.8, 4) is 0 Å². The van der Waals surface area contributed by atoms with Crippen molar-refractivity contribution in [2.24, 2.45) is 5.92 Å². The molecule has 1 saturated carbocycles. The second-order valence-electron chi connectivity index (χ2n) is 8.72. The summed E-state index contributed by atoms with van der Waals surface area (Å²) >= 11 is 8.36. The van der Waals surface area contributed by atoms with Crippen LogP contribution in [0.4, 0.5) is 22.7 Å². The lowest BCUT2D eigenvalue weighted by molar-refractivity contribution is -0.387. The van der Waals surface area contributed by atoms with E-state index in [0.717, 1.165) is 0 Å². The number of nitro benzene ring substituents is 3. The first-order chi connectivity index (χ1) is 17.3. The molecule has 0 saturated heterocycles. The Labute approximate surface area is 214 Å². The van der Waals surface area contributed by atoms with Crippen molar-refractivity contribution in [3.63, 3.8) is 0 Å². The molecule has 0 aromatic heterocycles. The van der Waals surface area contributed by atoms with Crippen LogP contribution < -0.4 is 5.32 Å². The lowest BCUT2D eigenvalue weighted by Gasteiger charge is -2.37. The van der Waals surface area contributed by atoms with Crippen LogP contribution in [0.3, 0.4) is 0 Å². The summed E-state index contributed by atoms with van der Waals surface area (Å²) in [5.74, 6) is -0.448. The van der Waals surface area contributed by atoms with E-state index in [9.17, 15) is 30.3 Å². The van der Waals surface area contributed by atoms with E-state index < -0.39 is 26.2 Å². The molecule has 0 radical (unpaired) electrons. The van der Waals surface area contributed by atoms with Crippen molar-refractivity contribution in [1.82, 2.24) is 0 Å². The lowest BCUT2D eigenvalue weighted by atomic mass is 9.77. The van der Waals surface area contributed by atoms with E-state index in [4.69, 9.17) is 11.6 Å². The smallest absolute Gasteiger partial charge is 0.292 e. The minimum atomic E-state index is -0.483. The monoisotopic (exact) mass is 526 g/mol. The zero-order valence-electron chi connectivity index (χ0n) is 18.5. The predicted octanol–water partition coefficient (Wildman–Crippen LogP) is 6.45. The first-order valence-electron chi connectivity index (χ1n) is 11.1. The van der Waals surface area contributed by atoms with E-state index >= 15 is 0 Å². The summed E-state index contributed by atoms with van der Waals surface area (Å²) in [6, 6.07) is 17.0. The fourth-order valence-electron chi connectivity index (χ4n) is 5.31. The number of alkyl halides is 1. The largest absolute Gasteiger partial charge is 0.372 e. The number of anilines is 1. The third kappa shape index (κ3) is 4.14. The summed E-state index contributed by atoms with van der Waals surface area (Å²) in [4.78, 5) is 33.9. The highest BCUT2D eigenvalue weighted by atomic mass is 35.5. The number of benzene rings is 3. The minimum absolute atomic E-state index is 0.00867. The molecular weight excluding hydrogens is 508 g/mol. The van der Waals surface area contributed by atoms with E-state index in [0.29, 0.717) is 28.1 Å². The van der Waals surface area contributed by atoms with E-state index in [-0.39, 0.29) is 34.1 Å². The van der Waals surface area contributed by atoms with E-state index in [1.165, 1.54) is 36.0 Å². The molecule has 0 bridgehead atoms. The van der Waals surface area contributed by atoms with Gasteiger partial charge < -0.3 is 5.32 Å². The van der Waals surface area contributed by atoms with E-state index in [1.807, 2.05) is 6.07 Å². The van der Waals surface area contributed by atoms with Gasteiger partial charge in [-0.25, -0.2) is 0 Å². The second kappa shape index (κ2) is 9.40. The van der Waals surface area contributed by atoms with Crippen LogP contribution in [0.25, 0.3) is 0 Å². The Bertz CT molecular complexity index is 1390.